The van der Waals surface area contributed by atoms with Crippen LogP contribution in [0.1, 0.15) is 51.4 Å². The van der Waals surface area contributed by atoms with Gasteiger partial charge in [-0.1, -0.05) is 25.7 Å². The average Bonchev–Trinajstić information content (AvgIpc) is 2.45. The van der Waals surface area contributed by atoms with E-state index in [1.165, 1.54) is 24.3 Å². The van der Waals surface area contributed by atoms with Crippen molar-refractivity contribution < 1.29 is 30.0 Å². The number of carboxylic acids is 2. The van der Waals surface area contributed by atoms with Gasteiger partial charge >= 0.3 is 11.9 Å². The van der Waals surface area contributed by atoms with Gasteiger partial charge in [0, 0.05) is 12.8 Å². The number of aromatic hydroxyl groups is 2. The zero-order valence-corrected chi connectivity index (χ0v) is 12.6. The number of rotatable bonds is 9. The summed E-state index contributed by atoms with van der Waals surface area (Å²) < 4.78 is 0. The maximum absolute atomic E-state index is 10.1. The van der Waals surface area contributed by atoms with Crippen LogP contribution in [-0.2, 0) is 9.59 Å². The van der Waals surface area contributed by atoms with E-state index < -0.39 is 11.9 Å². The second-order valence-corrected chi connectivity index (χ2v) is 4.93. The fourth-order valence-corrected chi connectivity index (χ4v) is 1.71. The molecule has 22 heavy (non-hydrogen) atoms. The Morgan fingerprint density at radius 1 is 0.636 bits per heavy atom. The quantitative estimate of drug-likeness (QED) is 0.410. The van der Waals surface area contributed by atoms with E-state index in [4.69, 9.17) is 20.4 Å². The lowest BCUT2D eigenvalue weighted by atomic mass is 10.1. The summed E-state index contributed by atoms with van der Waals surface area (Å²) in [5.41, 5.74) is 0. The normalized spacial score (nSPS) is 9.64. The Bertz CT molecular complexity index is 386. The van der Waals surface area contributed by atoms with Crippen molar-refractivity contribution >= 4 is 11.9 Å². The Hall–Kier alpha value is -2.24. The van der Waals surface area contributed by atoms with E-state index in [1.807, 2.05) is 0 Å². The smallest absolute Gasteiger partial charge is 0.303 e. The Kier molecular flexibility index (Phi) is 11.2. The molecule has 6 heteroatoms. The molecule has 1 rings (SSSR count). The number of carboxylic acid groups (broad SMARTS) is 2. The topological polar surface area (TPSA) is 115 Å². The number of unbranched alkanes of at least 4 members (excludes halogenated alkanes) is 5. The van der Waals surface area contributed by atoms with Crippen molar-refractivity contribution in [3.05, 3.63) is 24.3 Å². The SMILES string of the molecule is O=C(O)CCCCCCCCC(=O)O.Oc1ccc(O)cc1. The monoisotopic (exact) mass is 312 g/mol. The summed E-state index contributed by atoms with van der Waals surface area (Å²) in [4.78, 5) is 20.3. The lowest BCUT2D eigenvalue weighted by molar-refractivity contribution is -0.138. The van der Waals surface area contributed by atoms with E-state index in [0.717, 1.165) is 38.5 Å². The molecule has 0 unspecified atom stereocenters. The third-order valence-electron chi connectivity index (χ3n) is 2.88. The molecule has 124 valence electrons. The highest BCUT2D eigenvalue weighted by Gasteiger charge is 1.98. The number of hydrogen-bond acceptors (Lipinski definition) is 4. The third kappa shape index (κ3) is 14.2. The molecule has 0 saturated carbocycles. The zero-order valence-electron chi connectivity index (χ0n) is 12.6. The summed E-state index contributed by atoms with van der Waals surface area (Å²) in [6.07, 6.45) is 5.82. The lowest BCUT2D eigenvalue weighted by Crippen LogP contribution is -1.94. The Morgan fingerprint density at radius 2 is 0.909 bits per heavy atom. The number of benzene rings is 1. The van der Waals surface area contributed by atoms with Gasteiger partial charge in [0.15, 0.2) is 0 Å². The number of carbonyl (C=O) groups is 2. The third-order valence-corrected chi connectivity index (χ3v) is 2.88. The first-order valence-electron chi connectivity index (χ1n) is 7.33. The molecular weight excluding hydrogens is 288 g/mol. The first-order chi connectivity index (χ1) is 10.4. The van der Waals surface area contributed by atoms with Crippen LogP contribution in [0, 0.1) is 0 Å². The highest BCUT2D eigenvalue weighted by atomic mass is 16.4. The molecule has 0 aliphatic heterocycles. The molecule has 0 atom stereocenters. The molecule has 0 saturated heterocycles. The second kappa shape index (κ2) is 12.5. The van der Waals surface area contributed by atoms with Crippen molar-refractivity contribution in [1.82, 2.24) is 0 Å². The maximum Gasteiger partial charge on any atom is 0.303 e. The minimum absolute atomic E-state index is 0.169. The summed E-state index contributed by atoms with van der Waals surface area (Å²) in [7, 11) is 0. The molecule has 0 aliphatic carbocycles. The van der Waals surface area contributed by atoms with E-state index in [9.17, 15) is 9.59 Å². The molecule has 0 aliphatic rings. The molecule has 6 nitrogen and oxygen atoms in total. The highest BCUT2D eigenvalue weighted by Crippen LogP contribution is 2.13. The molecule has 1 aromatic rings. The summed E-state index contributed by atoms with van der Waals surface area (Å²) in [6.45, 7) is 0. The molecule has 0 aromatic heterocycles. The van der Waals surface area contributed by atoms with E-state index in [0.29, 0.717) is 0 Å². The first-order valence-corrected chi connectivity index (χ1v) is 7.33. The molecule has 0 amide bonds. The molecule has 0 bridgehead atoms. The van der Waals surface area contributed by atoms with Crippen molar-refractivity contribution in [3.63, 3.8) is 0 Å². The molecule has 0 radical (unpaired) electrons. The van der Waals surface area contributed by atoms with Crippen LogP contribution < -0.4 is 0 Å². The number of hydrogen-bond donors (Lipinski definition) is 4. The van der Waals surface area contributed by atoms with E-state index >= 15 is 0 Å². The van der Waals surface area contributed by atoms with Crippen LogP contribution in [0.5, 0.6) is 11.5 Å². The fourth-order valence-electron chi connectivity index (χ4n) is 1.71. The van der Waals surface area contributed by atoms with Crippen molar-refractivity contribution in [3.8, 4) is 11.5 Å². The van der Waals surface area contributed by atoms with Gasteiger partial charge in [0.1, 0.15) is 11.5 Å². The predicted octanol–water partition coefficient (Wildman–Crippen LogP) is 3.37. The molecule has 0 spiro atoms. The van der Waals surface area contributed by atoms with Crippen LogP contribution in [-0.4, -0.2) is 32.4 Å². The van der Waals surface area contributed by atoms with Crippen LogP contribution in [0.2, 0.25) is 0 Å². The Balaban J connectivity index is 0.000000461. The summed E-state index contributed by atoms with van der Waals surface area (Å²) in [6, 6.07) is 5.70. The summed E-state index contributed by atoms with van der Waals surface area (Å²) >= 11 is 0. The van der Waals surface area contributed by atoms with E-state index in [2.05, 4.69) is 0 Å². The molecule has 0 fully saturated rings. The van der Waals surface area contributed by atoms with Gasteiger partial charge in [-0.15, -0.1) is 0 Å². The Morgan fingerprint density at radius 3 is 1.18 bits per heavy atom. The van der Waals surface area contributed by atoms with E-state index in [-0.39, 0.29) is 24.3 Å². The minimum atomic E-state index is -0.740. The average molecular weight is 312 g/mol. The molecule has 1 aromatic carbocycles. The largest absolute Gasteiger partial charge is 0.508 e. The molecule has 0 heterocycles. The van der Waals surface area contributed by atoms with Crippen LogP contribution in [0.25, 0.3) is 0 Å². The van der Waals surface area contributed by atoms with Crippen molar-refractivity contribution in [2.75, 3.05) is 0 Å². The maximum atomic E-state index is 10.1. The van der Waals surface area contributed by atoms with Gasteiger partial charge in [-0.25, -0.2) is 0 Å². The van der Waals surface area contributed by atoms with Gasteiger partial charge in [-0.05, 0) is 37.1 Å². The lowest BCUT2D eigenvalue weighted by Gasteiger charge is -1.98. The van der Waals surface area contributed by atoms with Gasteiger partial charge in [-0.2, -0.15) is 0 Å². The number of phenolic OH excluding ortho intramolecular Hbond substituents is 2. The van der Waals surface area contributed by atoms with Gasteiger partial charge in [0.25, 0.3) is 0 Å². The van der Waals surface area contributed by atoms with Crippen LogP contribution in [0.4, 0.5) is 0 Å². The van der Waals surface area contributed by atoms with Crippen LogP contribution in [0.15, 0.2) is 24.3 Å². The van der Waals surface area contributed by atoms with Crippen molar-refractivity contribution in [1.29, 1.82) is 0 Å². The zero-order chi connectivity index (χ0) is 16.8. The van der Waals surface area contributed by atoms with Gasteiger partial charge < -0.3 is 20.4 Å². The van der Waals surface area contributed by atoms with Crippen molar-refractivity contribution in [2.24, 2.45) is 0 Å². The Labute approximate surface area is 130 Å². The highest BCUT2D eigenvalue weighted by molar-refractivity contribution is 5.66. The standard InChI is InChI=1S/C10H18O4.C6H6O2/c11-9(12)7-5-3-1-2-4-6-8-10(13)14;7-5-1-2-6(8)4-3-5/h1-8H2,(H,11,12)(H,13,14);1-4,7-8H. The van der Waals surface area contributed by atoms with Crippen LogP contribution >= 0.6 is 0 Å². The number of phenols is 2. The predicted molar refractivity (Wildman–Crippen MR) is 82.0 cm³/mol. The molecule has 4 N–H and O–H groups in total. The summed E-state index contributed by atoms with van der Waals surface area (Å²) in [5, 5.41) is 34.0. The number of aliphatic carboxylic acids is 2. The minimum Gasteiger partial charge on any atom is -0.508 e. The second-order valence-electron chi connectivity index (χ2n) is 4.93. The first kappa shape index (κ1) is 19.8. The van der Waals surface area contributed by atoms with Gasteiger partial charge in [-0.3, -0.25) is 9.59 Å². The van der Waals surface area contributed by atoms with Gasteiger partial charge in [0.2, 0.25) is 0 Å². The van der Waals surface area contributed by atoms with Crippen LogP contribution in [0.3, 0.4) is 0 Å². The van der Waals surface area contributed by atoms with Crippen molar-refractivity contribution in [2.45, 2.75) is 51.4 Å². The van der Waals surface area contributed by atoms with Gasteiger partial charge in [0.05, 0.1) is 0 Å². The van der Waals surface area contributed by atoms with E-state index in [1.54, 1.807) is 0 Å². The summed E-state index contributed by atoms with van der Waals surface area (Å²) in [5.74, 6) is -1.14. The fraction of sp³-hybridized carbons (Fsp3) is 0.500. The molecular formula is C16H24O6.